The van der Waals surface area contributed by atoms with E-state index in [-0.39, 0.29) is 0 Å². The van der Waals surface area contributed by atoms with Crippen LogP contribution in [0.1, 0.15) is 0 Å². The molecular weight excluding hydrogens is 728 g/mol. The summed E-state index contributed by atoms with van der Waals surface area (Å²) in [6.07, 6.45) is 0. The van der Waals surface area contributed by atoms with Crippen molar-refractivity contribution in [2.75, 3.05) is 0 Å². The van der Waals surface area contributed by atoms with Crippen LogP contribution in [0.15, 0.2) is 180 Å². The zero-order chi connectivity index (χ0) is 36.0. The molecule has 0 bridgehead atoms. The first-order valence-corrected chi connectivity index (χ1v) is 18.6. The van der Waals surface area contributed by atoms with Gasteiger partial charge >= 0.3 is 246 Å². The van der Waals surface area contributed by atoms with Gasteiger partial charge in [0.15, 0.2) is 5.58 Å². The van der Waals surface area contributed by atoms with Gasteiger partial charge in [0.1, 0.15) is 0 Å². The first-order chi connectivity index (χ1) is 26.7. The molecule has 54 heavy (non-hydrogen) atoms. The van der Waals surface area contributed by atoms with Gasteiger partial charge in [-0.2, -0.15) is 0 Å². The molecule has 8 aromatic carbocycles. The minimum atomic E-state index is 0.600. The zero-order valence-corrected chi connectivity index (χ0v) is 30.6. The average molecular weight is 757 g/mol. The molecular formula is C48H29N4OSe. The molecule has 0 unspecified atom stereocenters. The number of benzene rings is 8. The maximum absolute atomic E-state index is 6.30. The summed E-state index contributed by atoms with van der Waals surface area (Å²) in [7, 11) is 0. The van der Waals surface area contributed by atoms with Crippen LogP contribution >= 0.6 is 0 Å². The summed E-state index contributed by atoms with van der Waals surface area (Å²) in [4.78, 5) is 20.4. The van der Waals surface area contributed by atoms with Crippen molar-refractivity contribution in [2.24, 2.45) is 0 Å². The molecule has 0 saturated carbocycles. The molecule has 0 amide bonds. The first-order valence-electron chi connectivity index (χ1n) is 17.8. The SMILES string of the molecule is [Se]c1c(-c2ccccc2)cccc1-c1nc(-c2ccccc2)nc(-c2ccccc2-c2ccc3ccc4ccc5oc(-c6ccccc6)nc5c4c3c2)n1. The van der Waals surface area contributed by atoms with Crippen LogP contribution in [0.5, 0.6) is 0 Å². The van der Waals surface area contributed by atoms with Crippen molar-refractivity contribution in [1.82, 2.24) is 19.9 Å². The van der Waals surface area contributed by atoms with Crippen molar-refractivity contribution in [3.05, 3.63) is 176 Å². The third kappa shape index (κ3) is 5.66. The summed E-state index contributed by atoms with van der Waals surface area (Å²) in [5.74, 6) is 2.43. The number of fused-ring (bicyclic) bond motifs is 5. The quantitative estimate of drug-likeness (QED) is 0.125. The van der Waals surface area contributed by atoms with Gasteiger partial charge in [-0.25, -0.2) is 4.98 Å². The van der Waals surface area contributed by atoms with Gasteiger partial charge < -0.3 is 4.42 Å². The van der Waals surface area contributed by atoms with Crippen LogP contribution in [0.25, 0.3) is 101 Å². The summed E-state index contributed by atoms with van der Waals surface area (Å²) in [5.41, 5.74) is 9.59. The summed E-state index contributed by atoms with van der Waals surface area (Å²) in [6, 6.07) is 60.2. The molecule has 6 heteroatoms. The Morgan fingerprint density at radius 3 is 1.70 bits per heavy atom. The van der Waals surface area contributed by atoms with E-state index in [1.54, 1.807) is 0 Å². The van der Waals surface area contributed by atoms with Gasteiger partial charge in [-0.1, -0.05) is 30.3 Å². The maximum atomic E-state index is 6.30. The van der Waals surface area contributed by atoms with Crippen molar-refractivity contribution in [1.29, 1.82) is 0 Å². The fourth-order valence-electron chi connectivity index (χ4n) is 7.22. The molecule has 0 fully saturated rings. The van der Waals surface area contributed by atoms with Crippen molar-refractivity contribution in [3.8, 4) is 67.9 Å². The van der Waals surface area contributed by atoms with E-state index in [1.807, 2.05) is 78.9 Å². The molecule has 2 heterocycles. The van der Waals surface area contributed by atoms with Crippen molar-refractivity contribution < 1.29 is 4.42 Å². The van der Waals surface area contributed by atoms with Gasteiger partial charge in [0.25, 0.3) is 0 Å². The van der Waals surface area contributed by atoms with E-state index < -0.39 is 0 Å². The third-order valence-corrected chi connectivity index (χ3v) is 10.8. The van der Waals surface area contributed by atoms with Crippen molar-refractivity contribution >= 4 is 53.1 Å². The number of aromatic nitrogens is 4. The Labute approximate surface area is 319 Å². The average Bonchev–Trinajstić information content (AvgIpc) is 3.69. The minimum absolute atomic E-state index is 0.600. The molecule has 0 aliphatic rings. The Morgan fingerprint density at radius 1 is 0.389 bits per heavy atom. The Morgan fingerprint density at radius 2 is 0.944 bits per heavy atom. The third-order valence-electron chi connectivity index (χ3n) is 9.87. The second kappa shape index (κ2) is 13.4. The topological polar surface area (TPSA) is 64.7 Å². The van der Waals surface area contributed by atoms with Crippen molar-refractivity contribution in [3.63, 3.8) is 0 Å². The molecule has 0 aliphatic heterocycles. The van der Waals surface area contributed by atoms with Gasteiger partial charge in [-0.15, -0.1) is 0 Å². The summed E-state index contributed by atoms with van der Waals surface area (Å²) in [5, 5.41) is 4.39. The van der Waals surface area contributed by atoms with Gasteiger partial charge in [0.05, 0.1) is 0 Å². The van der Waals surface area contributed by atoms with E-state index in [0.717, 1.165) is 81.6 Å². The van der Waals surface area contributed by atoms with Crippen LogP contribution in [-0.2, 0) is 0 Å². The second-order valence-electron chi connectivity index (χ2n) is 13.2. The Kier molecular flexibility index (Phi) is 7.91. The van der Waals surface area contributed by atoms with E-state index in [9.17, 15) is 0 Å². The van der Waals surface area contributed by atoms with E-state index >= 15 is 0 Å². The van der Waals surface area contributed by atoms with E-state index in [4.69, 9.17) is 24.4 Å². The van der Waals surface area contributed by atoms with E-state index in [1.165, 1.54) is 0 Å². The molecule has 5 nitrogen and oxygen atoms in total. The Bertz CT molecular complexity index is 3000. The normalized spacial score (nSPS) is 11.4. The number of nitrogens with zero attached hydrogens (tertiary/aromatic N) is 4. The molecule has 0 saturated heterocycles. The van der Waals surface area contributed by atoms with Gasteiger partial charge in [-0.05, 0) is 18.2 Å². The van der Waals surface area contributed by atoms with E-state index in [0.29, 0.717) is 23.4 Å². The van der Waals surface area contributed by atoms with Crippen LogP contribution in [0.4, 0.5) is 0 Å². The number of oxazole rings is 1. The molecule has 10 aromatic rings. The van der Waals surface area contributed by atoms with Crippen LogP contribution in [-0.4, -0.2) is 35.9 Å². The van der Waals surface area contributed by atoms with Gasteiger partial charge in [-0.3, -0.25) is 0 Å². The molecule has 2 aromatic heterocycles. The summed E-state index contributed by atoms with van der Waals surface area (Å²) < 4.78 is 7.29. The Hall–Kier alpha value is -6.72. The van der Waals surface area contributed by atoms with Crippen molar-refractivity contribution in [2.45, 2.75) is 0 Å². The van der Waals surface area contributed by atoms with Crippen LogP contribution in [0, 0.1) is 0 Å². The predicted molar refractivity (Wildman–Crippen MR) is 220 cm³/mol. The fourth-order valence-corrected chi connectivity index (χ4v) is 7.95. The molecule has 0 spiro atoms. The second-order valence-corrected chi connectivity index (χ2v) is 14.0. The fraction of sp³-hybridized carbons (Fsp3) is 0. The van der Waals surface area contributed by atoms with E-state index in [2.05, 4.69) is 113 Å². The summed E-state index contributed by atoms with van der Waals surface area (Å²) in [6.45, 7) is 0. The number of hydrogen-bond donors (Lipinski definition) is 0. The van der Waals surface area contributed by atoms with Crippen LogP contribution < -0.4 is 4.46 Å². The molecule has 253 valence electrons. The first kappa shape index (κ1) is 32.0. The van der Waals surface area contributed by atoms with Crippen LogP contribution in [0.3, 0.4) is 0 Å². The van der Waals surface area contributed by atoms with Gasteiger partial charge in [0.2, 0.25) is 5.89 Å². The number of rotatable bonds is 6. The molecule has 10 rings (SSSR count). The van der Waals surface area contributed by atoms with Gasteiger partial charge in [0, 0.05) is 5.56 Å². The predicted octanol–water partition coefficient (Wildman–Crippen LogP) is 11.1. The van der Waals surface area contributed by atoms with Crippen LogP contribution in [0.2, 0.25) is 0 Å². The zero-order valence-electron chi connectivity index (χ0n) is 28.8. The molecule has 0 N–H and O–H groups in total. The number of hydrogen-bond acceptors (Lipinski definition) is 5. The summed E-state index contributed by atoms with van der Waals surface area (Å²) >= 11 is 3.33. The monoisotopic (exact) mass is 757 g/mol. The molecule has 1 radical (unpaired) electrons. The molecule has 0 atom stereocenters. The standard InChI is InChI=1S/C48H29N4OSe/c54-44-37(30-13-4-1-5-14-30)21-12-22-39(44)47-51-45(33-15-6-2-7-16-33)50-46(52-47)38-20-11-10-19-36(38)35-26-24-31-23-25-32-27-28-41-43(42(32)40(31)29-35)49-48(53-41)34-17-8-3-9-18-34/h1-29H. The molecule has 0 aliphatic carbocycles. The Balaban J connectivity index is 1.16.